The first-order valence-electron chi connectivity index (χ1n) is 4.85. The lowest BCUT2D eigenvalue weighted by atomic mass is 10.1. The average Bonchev–Trinajstić information content (AvgIpc) is 2.04. The topological polar surface area (TPSA) is 29.5 Å². The van der Waals surface area contributed by atoms with Gasteiger partial charge in [0.15, 0.2) is 0 Å². The normalized spacial score (nSPS) is 13.0. The molecule has 0 fully saturated rings. The number of ether oxygens (including phenoxy) is 1. The van der Waals surface area contributed by atoms with E-state index in [1.807, 2.05) is 11.9 Å². The molecule has 78 valence electrons. The Kier molecular flexibility index (Phi) is 6.59. The van der Waals surface area contributed by atoms with E-state index < -0.39 is 0 Å². The van der Waals surface area contributed by atoms with E-state index >= 15 is 0 Å². The lowest BCUT2D eigenvalue weighted by molar-refractivity contribution is -0.141. The number of carbonyl (C=O) groups excluding carboxylic acids is 1. The number of likely N-dealkylation sites (N-methyl/N-ethyl adjacent to an activating group) is 1. The standard InChI is InChI=1S/C10H21NO2/c1-5-6-9(2)7-11(3)8-10(12)13-4/h9H,5-8H2,1-4H3. The van der Waals surface area contributed by atoms with Crippen molar-refractivity contribution >= 4 is 5.97 Å². The maximum atomic E-state index is 10.9. The molecular formula is C10H21NO2. The summed E-state index contributed by atoms with van der Waals surface area (Å²) in [5.41, 5.74) is 0. The molecule has 3 nitrogen and oxygen atoms in total. The molecule has 0 spiro atoms. The first kappa shape index (κ1) is 12.4. The molecule has 0 aromatic heterocycles. The van der Waals surface area contributed by atoms with E-state index in [0.29, 0.717) is 12.5 Å². The molecule has 0 aromatic carbocycles. The minimum absolute atomic E-state index is 0.161. The van der Waals surface area contributed by atoms with Crippen molar-refractivity contribution in [2.75, 3.05) is 27.2 Å². The van der Waals surface area contributed by atoms with Crippen molar-refractivity contribution in [3.63, 3.8) is 0 Å². The minimum atomic E-state index is -0.161. The van der Waals surface area contributed by atoms with Crippen LogP contribution in [0.5, 0.6) is 0 Å². The van der Waals surface area contributed by atoms with Gasteiger partial charge in [0.1, 0.15) is 0 Å². The fourth-order valence-corrected chi connectivity index (χ4v) is 1.47. The number of hydrogen-bond donors (Lipinski definition) is 0. The van der Waals surface area contributed by atoms with Crippen molar-refractivity contribution in [3.05, 3.63) is 0 Å². The smallest absolute Gasteiger partial charge is 0.319 e. The summed E-state index contributed by atoms with van der Waals surface area (Å²) >= 11 is 0. The van der Waals surface area contributed by atoms with Gasteiger partial charge in [-0.15, -0.1) is 0 Å². The molecule has 0 amide bonds. The van der Waals surface area contributed by atoms with Gasteiger partial charge in [-0.1, -0.05) is 20.3 Å². The molecular weight excluding hydrogens is 166 g/mol. The second kappa shape index (κ2) is 6.89. The van der Waals surface area contributed by atoms with Gasteiger partial charge in [-0.25, -0.2) is 0 Å². The summed E-state index contributed by atoms with van der Waals surface area (Å²) in [6.45, 7) is 5.74. The molecule has 1 atom stereocenters. The summed E-state index contributed by atoms with van der Waals surface area (Å²) in [6.07, 6.45) is 2.42. The molecule has 3 heteroatoms. The molecule has 0 heterocycles. The Labute approximate surface area is 81.1 Å². The summed E-state index contributed by atoms with van der Waals surface area (Å²) in [5.74, 6) is 0.492. The van der Waals surface area contributed by atoms with E-state index in [4.69, 9.17) is 0 Å². The van der Waals surface area contributed by atoms with Crippen LogP contribution in [-0.2, 0) is 9.53 Å². The number of methoxy groups -OCH3 is 1. The first-order valence-corrected chi connectivity index (χ1v) is 4.85. The highest BCUT2D eigenvalue weighted by Gasteiger charge is 2.09. The summed E-state index contributed by atoms with van der Waals surface area (Å²) in [4.78, 5) is 12.9. The maximum absolute atomic E-state index is 10.9. The quantitative estimate of drug-likeness (QED) is 0.591. The Balaban J connectivity index is 3.60. The lowest BCUT2D eigenvalue weighted by Gasteiger charge is -2.19. The van der Waals surface area contributed by atoms with E-state index in [0.717, 1.165) is 6.54 Å². The Bertz CT molecular complexity index is 148. The van der Waals surface area contributed by atoms with E-state index in [9.17, 15) is 4.79 Å². The number of esters is 1. The fourth-order valence-electron chi connectivity index (χ4n) is 1.47. The molecule has 0 aliphatic carbocycles. The van der Waals surface area contributed by atoms with Crippen molar-refractivity contribution in [3.8, 4) is 0 Å². The van der Waals surface area contributed by atoms with Crippen LogP contribution in [0.4, 0.5) is 0 Å². The van der Waals surface area contributed by atoms with Gasteiger partial charge in [-0.05, 0) is 19.4 Å². The van der Waals surface area contributed by atoms with Gasteiger partial charge >= 0.3 is 5.97 Å². The van der Waals surface area contributed by atoms with Crippen LogP contribution >= 0.6 is 0 Å². The molecule has 0 aliphatic rings. The van der Waals surface area contributed by atoms with Crippen LogP contribution in [-0.4, -0.2) is 38.1 Å². The molecule has 0 saturated heterocycles. The molecule has 0 N–H and O–H groups in total. The molecule has 0 radical (unpaired) electrons. The predicted molar refractivity (Wildman–Crippen MR) is 53.6 cm³/mol. The first-order chi connectivity index (χ1) is 6.10. The maximum Gasteiger partial charge on any atom is 0.319 e. The Morgan fingerprint density at radius 1 is 1.54 bits per heavy atom. The van der Waals surface area contributed by atoms with Gasteiger partial charge in [0.25, 0.3) is 0 Å². The van der Waals surface area contributed by atoms with E-state index in [1.165, 1.54) is 20.0 Å². The Morgan fingerprint density at radius 2 is 2.15 bits per heavy atom. The highest BCUT2D eigenvalue weighted by Crippen LogP contribution is 2.05. The van der Waals surface area contributed by atoms with Crippen molar-refractivity contribution in [1.29, 1.82) is 0 Å². The summed E-state index contributed by atoms with van der Waals surface area (Å²) < 4.78 is 4.58. The SMILES string of the molecule is CCCC(C)CN(C)CC(=O)OC. The zero-order valence-electron chi connectivity index (χ0n) is 9.17. The molecule has 1 unspecified atom stereocenters. The highest BCUT2D eigenvalue weighted by atomic mass is 16.5. The van der Waals surface area contributed by atoms with Gasteiger partial charge in [0.2, 0.25) is 0 Å². The zero-order chi connectivity index (χ0) is 10.3. The Hall–Kier alpha value is -0.570. The van der Waals surface area contributed by atoms with Crippen molar-refractivity contribution in [2.45, 2.75) is 26.7 Å². The average molecular weight is 187 g/mol. The van der Waals surface area contributed by atoms with Gasteiger partial charge in [0.05, 0.1) is 13.7 Å². The fraction of sp³-hybridized carbons (Fsp3) is 0.900. The van der Waals surface area contributed by atoms with Crippen LogP contribution in [0.3, 0.4) is 0 Å². The van der Waals surface area contributed by atoms with Crippen LogP contribution in [0, 0.1) is 5.92 Å². The highest BCUT2D eigenvalue weighted by molar-refractivity contribution is 5.71. The minimum Gasteiger partial charge on any atom is -0.468 e. The monoisotopic (exact) mass is 187 g/mol. The predicted octanol–water partition coefficient (Wildman–Crippen LogP) is 1.53. The van der Waals surface area contributed by atoms with E-state index in [2.05, 4.69) is 18.6 Å². The number of nitrogens with zero attached hydrogens (tertiary/aromatic N) is 1. The molecule has 0 saturated carbocycles. The van der Waals surface area contributed by atoms with E-state index in [1.54, 1.807) is 0 Å². The summed E-state index contributed by atoms with van der Waals surface area (Å²) in [7, 11) is 3.37. The van der Waals surface area contributed by atoms with Crippen LogP contribution in [0.25, 0.3) is 0 Å². The third kappa shape index (κ3) is 6.58. The van der Waals surface area contributed by atoms with Crippen LogP contribution in [0.2, 0.25) is 0 Å². The van der Waals surface area contributed by atoms with Gasteiger partial charge in [0, 0.05) is 6.54 Å². The second-order valence-corrected chi connectivity index (χ2v) is 3.67. The molecule has 0 aliphatic heterocycles. The van der Waals surface area contributed by atoms with Crippen LogP contribution in [0.15, 0.2) is 0 Å². The number of carbonyl (C=O) groups is 1. The lowest BCUT2D eigenvalue weighted by Crippen LogP contribution is -2.30. The van der Waals surface area contributed by atoms with Crippen LogP contribution in [0.1, 0.15) is 26.7 Å². The largest absolute Gasteiger partial charge is 0.468 e. The Morgan fingerprint density at radius 3 is 2.62 bits per heavy atom. The number of hydrogen-bond acceptors (Lipinski definition) is 3. The number of rotatable bonds is 6. The second-order valence-electron chi connectivity index (χ2n) is 3.67. The van der Waals surface area contributed by atoms with Crippen molar-refractivity contribution in [1.82, 2.24) is 4.90 Å². The van der Waals surface area contributed by atoms with Crippen molar-refractivity contribution in [2.24, 2.45) is 5.92 Å². The van der Waals surface area contributed by atoms with E-state index in [-0.39, 0.29) is 5.97 Å². The van der Waals surface area contributed by atoms with Crippen LogP contribution < -0.4 is 0 Å². The van der Waals surface area contributed by atoms with Crippen molar-refractivity contribution < 1.29 is 9.53 Å². The summed E-state index contributed by atoms with van der Waals surface area (Å²) in [6, 6.07) is 0. The third-order valence-electron chi connectivity index (χ3n) is 2.03. The molecule has 0 bridgehead atoms. The third-order valence-corrected chi connectivity index (χ3v) is 2.03. The summed E-state index contributed by atoms with van der Waals surface area (Å²) in [5, 5.41) is 0. The molecule has 0 rings (SSSR count). The van der Waals surface area contributed by atoms with Gasteiger partial charge in [-0.3, -0.25) is 9.69 Å². The zero-order valence-corrected chi connectivity index (χ0v) is 9.17. The van der Waals surface area contributed by atoms with Gasteiger partial charge in [-0.2, -0.15) is 0 Å². The molecule has 13 heavy (non-hydrogen) atoms. The van der Waals surface area contributed by atoms with Gasteiger partial charge < -0.3 is 4.74 Å². The molecule has 0 aromatic rings.